The summed E-state index contributed by atoms with van der Waals surface area (Å²) in [6.07, 6.45) is 6.38. The number of Topliss-reactive ketones (excluding diaryl/α,β-unsaturated/α-hetero) is 1. The molecule has 25 heavy (non-hydrogen) atoms. The van der Waals surface area contributed by atoms with E-state index in [0.717, 1.165) is 38.8 Å². The Hall–Kier alpha value is -1.93. The Labute approximate surface area is 150 Å². The van der Waals surface area contributed by atoms with Crippen LogP contribution < -0.4 is 0 Å². The van der Waals surface area contributed by atoms with Crippen LogP contribution in [-0.2, 0) is 17.9 Å². The molecule has 2 aliphatic rings. The van der Waals surface area contributed by atoms with Crippen LogP contribution in [0, 0.1) is 5.41 Å². The first-order valence-corrected chi connectivity index (χ1v) is 9.56. The first kappa shape index (κ1) is 16.5. The highest BCUT2D eigenvalue weighted by Crippen LogP contribution is 2.53. The van der Waals surface area contributed by atoms with Gasteiger partial charge in [-0.15, -0.1) is 0 Å². The third-order valence-electron chi connectivity index (χ3n) is 6.18. The Kier molecular flexibility index (Phi) is 4.72. The summed E-state index contributed by atoms with van der Waals surface area (Å²) in [7, 11) is 0. The Balaban J connectivity index is 1.45. The Morgan fingerprint density at radius 1 is 0.800 bits per heavy atom. The van der Waals surface area contributed by atoms with E-state index in [2.05, 4.69) is 65.6 Å². The van der Waals surface area contributed by atoms with Gasteiger partial charge in [0.1, 0.15) is 5.78 Å². The van der Waals surface area contributed by atoms with Gasteiger partial charge in [0, 0.05) is 32.0 Å². The first-order chi connectivity index (χ1) is 12.2. The molecule has 0 atom stereocenters. The minimum atomic E-state index is 0.463. The molecule has 2 fully saturated rings. The van der Waals surface area contributed by atoms with Crippen molar-refractivity contribution in [1.82, 2.24) is 4.90 Å². The maximum atomic E-state index is 11.6. The van der Waals surface area contributed by atoms with Crippen molar-refractivity contribution in [3.63, 3.8) is 0 Å². The van der Waals surface area contributed by atoms with Crippen LogP contribution in [0.2, 0.25) is 0 Å². The van der Waals surface area contributed by atoms with E-state index in [1.165, 1.54) is 24.0 Å². The van der Waals surface area contributed by atoms with Gasteiger partial charge in [0.15, 0.2) is 0 Å². The van der Waals surface area contributed by atoms with Crippen LogP contribution in [0.25, 0.3) is 0 Å². The molecule has 0 heterocycles. The van der Waals surface area contributed by atoms with E-state index in [4.69, 9.17) is 0 Å². The van der Waals surface area contributed by atoms with Crippen LogP contribution in [-0.4, -0.2) is 16.7 Å². The Morgan fingerprint density at radius 2 is 1.28 bits per heavy atom. The number of rotatable bonds is 5. The number of ketones is 1. The molecule has 2 aromatic carbocycles. The largest absolute Gasteiger partial charge is 0.300 e. The summed E-state index contributed by atoms with van der Waals surface area (Å²) in [5, 5.41) is 0. The summed E-state index contributed by atoms with van der Waals surface area (Å²) in [5.74, 6) is 0.472. The third-order valence-corrected chi connectivity index (χ3v) is 6.18. The predicted octanol–water partition coefficient (Wildman–Crippen LogP) is 4.98. The molecule has 130 valence electrons. The molecule has 2 aromatic rings. The third kappa shape index (κ3) is 3.85. The summed E-state index contributed by atoms with van der Waals surface area (Å²) in [6.45, 7) is 2.02. The zero-order chi connectivity index (χ0) is 17.1. The summed E-state index contributed by atoms with van der Waals surface area (Å²) in [6, 6.07) is 22.2. The molecule has 0 bridgehead atoms. The fourth-order valence-electron chi connectivity index (χ4n) is 4.62. The number of hydrogen-bond donors (Lipinski definition) is 0. The van der Waals surface area contributed by atoms with E-state index < -0.39 is 0 Å². The lowest BCUT2D eigenvalue weighted by molar-refractivity contribution is -0.126. The number of benzene rings is 2. The maximum Gasteiger partial charge on any atom is 0.132 e. The van der Waals surface area contributed by atoms with Gasteiger partial charge in [0.2, 0.25) is 0 Å². The lowest BCUT2D eigenvalue weighted by atomic mass is 9.58. The quantitative estimate of drug-likeness (QED) is 0.769. The van der Waals surface area contributed by atoms with Crippen molar-refractivity contribution < 1.29 is 4.79 Å². The minimum Gasteiger partial charge on any atom is -0.300 e. The maximum absolute atomic E-state index is 11.6. The lowest BCUT2D eigenvalue weighted by Gasteiger charge is -2.53. The number of hydrogen-bond acceptors (Lipinski definition) is 2. The summed E-state index contributed by atoms with van der Waals surface area (Å²) in [4.78, 5) is 14.2. The monoisotopic (exact) mass is 333 g/mol. The van der Waals surface area contributed by atoms with Crippen LogP contribution in [0.15, 0.2) is 60.7 Å². The highest BCUT2D eigenvalue weighted by Gasteiger charge is 2.47. The fraction of sp³-hybridized carbons (Fsp3) is 0.435. The van der Waals surface area contributed by atoms with Crippen molar-refractivity contribution in [2.75, 3.05) is 0 Å². The topological polar surface area (TPSA) is 20.3 Å². The second kappa shape index (κ2) is 7.13. The Bertz CT molecular complexity index is 650. The second-order valence-corrected chi connectivity index (χ2v) is 7.98. The van der Waals surface area contributed by atoms with Crippen LogP contribution in [0.1, 0.15) is 49.7 Å². The molecule has 4 rings (SSSR count). The zero-order valence-corrected chi connectivity index (χ0v) is 14.9. The van der Waals surface area contributed by atoms with Crippen molar-refractivity contribution in [3.05, 3.63) is 71.8 Å². The molecule has 0 N–H and O–H groups in total. The van der Waals surface area contributed by atoms with Crippen LogP contribution in [0.5, 0.6) is 0 Å². The van der Waals surface area contributed by atoms with Gasteiger partial charge in [-0.3, -0.25) is 9.69 Å². The molecule has 1 spiro atoms. The van der Waals surface area contributed by atoms with Gasteiger partial charge in [-0.25, -0.2) is 0 Å². The van der Waals surface area contributed by atoms with E-state index in [1.54, 1.807) is 0 Å². The SMILES string of the molecule is O=C1CCC2(CC1)CC(N(Cc1ccccc1)Cc1ccccc1)C2. The van der Waals surface area contributed by atoms with Gasteiger partial charge in [-0.05, 0) is 42.2 Å². The molecular weight excluding hydrogens is 306 g/mol. The Morgan fingerprint density at radius 3 is 1.76 bits per heavy atom. The molecule has 2 aliphatic carbocycles. The average Bonchev–Trinajstić information content (AvgIpc) is 2.62. The zero-order valence-electron chi connectivity index (χ0n) is 14.9. The minimum absolute atomic E-state index is 0.463. The second-order valence-electron chi connectivity index (χ2n) is 7.98. The van der Waals surface area contributed by atoms with E-state index in [1.807, 2.05) is 0 Å². The molecule has 2 saturated carbocycles. The first-order valence-electron chi connectivity index (χ1n) is 9.56. The number of carbonyl (C=O) groups is 1. The molecule has 0 aromatic heterocycles. The molecule has 0 aliphatic heterocycles. The van der Waals surface area contributed by atoms with E-state index in [0.29, 0.717) is 17.2 Å². The van der Waals surface area contributed by atoms with Crippen molar-refractivity contribution in [2.45, 2.75) is 57.7 Å². The standard InChI is InChI=1S/C23H27NO/c25-22-11-13-23(14-12-22)15-21(16-23)24(17-19-7-3-1-4-8-19)18-20-9-5-2-6-10-20/h1-10,21H,11-18H2. The number of carbonyl (C=O) groups excluding carboxylic acids is 1. The van der Waals surface area contributed by atoms with Crippen LogP contribution in [0.3, 0.4) is 0 Å². The molecule has 2 nitrogen and oxygen atoms in total. The molecule has 2 heteroatoms. The summed E-state index contributed by atoms with van der Waals surface area (Å²) in [5.41, 5.74) is 3.24. The van der Waals surface area contributed by atoms with Gasteiger partial charge >= 0.3 is 0 Å². The highest BCUT2D eigenvalue weighted by atomic mass is 16.1. The molecule has 0 amide bonds. The van der Waals surface area contributed by atoms with E-state index in [-0.39, 0.29) is 0 Å². The molecular formula is C23H27NO. The van der Waals surface area contributed by atoms with Gasteiger partial charge in [0.25, 0.3) is 0 Å². The van der Waals surface area contributed by atoms with Crippen LogP contribution in [0.4, 0.5) is 0 Å². The van der Waals surface area contributed by atoms with Crippen molar-refractivity contribution in [3.8, 4) is 0 Å². The predicted molar refractivity (Wildman–Crippen MR) is 101 cm³/mol. The van der Waals surface area contributed by atoms with Crippen molar-refractivity contribution >= 4 is 5.78 Å². The van der Waals surface area contributed by atoms with Crippen molar-refractivity contribution in [1.29, 1.82) is 0 Å². The normalized spacial score (nSPS) is 20.0. The summed E-state index contributed by atoms with van der Waals surface area (Å²) < 4.78 is 0. The molecule has 0 saturated heterocycles. The smallest absolute Gasteiger partial charge is 0.132 e. The van der Waals surface area contributed by atoms with Gasteiger partial charge in [-0.2, -0.15) is 0 Å². The van der Waals surface area contributed by atoms with Gasteiger partial charge < -0.3 is 0 Å². The lowest BCUT2D eigenvalue weighted by Crippen LogP contribution is -2.51. The van der Waals surface area contributed by atoms with Crippen molar-refractivity contribution in [2.24, 2.45) is 5.41 Å². The van der Waals surface area contributed by atoms with Gasteiger partial charge in [0.05, 0.1) is 0 Å². The summed E-state index contributed by atoms with van der Waals surface area (Å²) >= 11 is 0. The molecule has 0 radical (unpaired) electrons. The van der Waals surface area contributed by atoms with Gasteiger partial charge in [-0.1, -0.05) is 60.7 Å². The average molecular weight is 333 g/mol. The number of nitrogens with zero attached hydrogens (tertiary/aromatic N) is 1. The fourth-order valence-corrected chi connectivity index (χ4v) is 4.62. The van der Waals surface area contributed by atoms with Crippen LogP contribution >= 0.6 is 0 Å². The van der Waals surface area contributed by atoms with E-state index in [9.17, 15) is 4.79 Å². The highest BCUT2D eigenvalue weighted by molar-refractivity contribution is 5.79. The molecule has 0 unspecified atom stereocenters. The van der Waals surface area contributed by atoms with E-state index >= 15 is 0 Å².